The molecule has 1 rings (SSSR count). The van der Waals surface area contributed by atoms with Crippen molar-refractivity contribution in [3.8, 4) is 0 Å². The van der Waals surface area contributed by atoms with Gasteiger partial charge in [-0.05, 0) is 19.1 Å². The van der Waals surface area contributed by atoms with Crippen molar-refractivity contribution in [3.05, 3.63) is 0 Å². The molecule has 1 aliphatic heterocycles. The zero-order valence-electron chi connectivity index (χ0n) is 6.86. The topological polar surface area (TPSA) is 63.4 Å². The third-order valence-corrected chi connectivity index (χ3v) is 3.98. The molecule has 0 aromatic carbocycles. The van der Waals surface area contributed by atoms with Gasteiger partial charge in [-0.3, -0.25) is 0 Å². The highest BCUT2D eigenvalue weighted by molar-refractivity contribution is 7.91. The number of sulfone groups is 1. The summed E-state index contributed by atoms with van der Waals surface area (Å²) in [4.78, 5) is 1.75. The third kappa shape index (κ3) is 2.07. The van der Waals surface area contributed by atoms with Gasteiger partial charge in [0, 0.05) is 12.6 Å². The van der Waals surface area contributed by atoms with Gasteiger partial charge in [0.15, 0.2) is 14.9 Å². The molecule has 0 radical (unpaired) electrons. The number of nitrogens with zero attached hydrogens (tertiary/aromatic N) is 1. The molecule has 1 aliphatic rings. The maximum atomic E-state index is 11.1. The minimum absolute atomic E-state index is 0.0822. The molecule has 1 atom stereocenters. The van der Waals surface area contributed by atoms with E-state index in [4.69, 9.17) is 18.0 Å². The average molecular weight is 208 g/mol. The molecular formula is C6H12N2O2S2. The Bertz CT molecular complexity index is 286. The van der Waals surface area contributed by atoms with E-state index < -0.39 is 9.84 Å². The van der Waals surface area contributed by atoms with E-state index >= 15 is 0 Å². The highest BCUT2D eigenvalue weighted by Crippen LogP contribution is 2.10. The van der Waals surface area contributed by atoms with Gasteiger partial charge in [-0.25, -0.2) is 8.42 Å². The van der Waals surface area contributed by atoms with E-state index in [1.54, 1.807) is 4.90 Å². The lowest BCUT2D eigenvalue weighted by atomic mass is 10.3. The van der Waals surface area contributed by atoms with Crippen LogP contribution in [0.2, 0.25) is 0 Å². The quantitative estimate of drug-likeness (QED) is 0.536. The maximum Gasteiger partial charge on any atom is 0.166 e. The van der Waals surface area contributed by atoms with Gasteiger partial charge >= 0.3 is 0 Å². The first-order valence-electron chi connectivity index (χ1n) is 3.69. The molecule has 12 heavy (non-hydrogen) atoms. The second-order valence-corrected chi connectivity index (χ2v) is 5.64. The zero-order valence-corrected chi connectivity index (χ0v) is 8.49. The van der Waals surface area contributed by atoms with Crippen LogP contribution in [0.15, 0.2) is 0 Å². The van der Waals surface area contributed by atoms with E-state index in [2.05, 4.69) is 0 Å². The molecule has 0 aliphatic carbocycles. The Kier molecular flexibility index (Phi) is 2.58. The van der Waals surface area contributed by atoms with E-state index in [1.807, 2.05) is 6.92 Å². The summed E-state index contributed by atoms with van der Waals surface area (Å²) in [5.74, 6) is 0.318. The van der Waals surface area contributed by atoms with Crippen molar-refractivity contribution in [3.63, 3.8) is 0 Å². The van der Waals surface area contributed by atoms with Gasteiger partial charge in [0.05, 0.1) is 11.5 Å². The van der Waals surface area contributed by atoms with Crippen LogP contribution < -0.4 is 5.73 Å². The first-order valence-corrected chi connectivity index (χ1v) is 5.92. The lowest BCUT2D eigenvalue weighted by Crippen LogP contribution is -2.51. The first-order chi connectivity index (χ1) is 5.42. The van der Waals surface area contributed by atoms with E-state index in [1.165, 1.54) is 0 Å². The summed E-state index contributed by atoms with van der Waals surface area (Å²) < 4.78 is 22.2. The minimum Gasteiger partial charge on any atom is -0.376 e. The number of hydrogen-bond acceptors (Lipinski definition) is 3. The van der Waals surface area contributed by atoms with Crippen LogP contribution in [-0.4, -0.2) is 42.5 Å². The third-order valence-electron chi connectivity index (χ3n) is 1.95. The Hall–Kier alpha value is -0.360. The average Bonchev–Trinajstić information content (AvgIpc) is 1.83. The van der Waals surface area contributed by atoms with Crippen molar-refractivity contribution in [2.45, 2.75) is 13.0 Å². The number of hydrogen-bond donors (Lipinski definition) is 1. The molecule has 0 aromatic heterocycles. The molecule has 0 amide bonds. The Balaban J connectivity index is 2.72. The van der Waals surface area contributed by atoms with Crippen molar-refractivity contribution in [1.29, 1.82) is 0 Å². The van der Waals surface area contributed by atoms with Crippen LogP contribution in [0.4, 0.5) is 0 Å². The van der Waals surface area contributed by atoms with Gasteiger partial charge in [0.1, 0.15) is 0 Å². The molecule has 6 heteroatoms. The molecule has 1 heterocycles. The van der Waals surface area contributed by atoms with Gasteiger partial charge in [-0.1, -0.05) is 0 Å². The summed E-state index contributed by atoms with van der Waals surface area (Å²) in [6.07, 6.45) is 0. The summed E-state index contributed by atoms with van der Waals surface area (Å²) in [6, 6.07) is -0.0822. The zero-order chi connectivity index (χ0) is 9.35. The van der Waals surface area contributed by atoms with Crippen LogP contribution in [0, 0.1) is 0 Å². The SMILES string of the molecule is CC1CS(=O)(=O)CCN1C(N)=S. The van der Waals surface area contributed by atoms with Crippen molar-refractivity contribution in [2.24, 2.45) is 5.73 Å². The Morgan fingerprint density at radius 3 is 2.67 bits per heavy atom. The predicted molar refractivity (Wildman–Crippen MR) is 51.6 cm³/mol. The normalized spacial score (nSPS) is 28.4. The molecular weight excluding hydrogens is 196 g/mol. The van der Waals surface area contributed by atoms with Crippen LogP contribution in [-0.2, 0) is 9.84 Å². The summed E-state index contributed by atoms with van der Waals surface area (Å²) in [5.41, 5.74) is 5.41. The molecule has 4 nitrogen and oxygen atoms in total. The molecule has 1 unspecified atom stereocenters. The Morgan fingerprint density at radius 2 is 2.25 bits per heavy atom. The van der Waals surface area contributed by atoms with E-state index in [9.17, 15) is 8.42 Å². The molecule has 0 bridgehead atoms. The van der Waals surface area contributed by atoms with Gasteiger partial charge in [-0.15, -0.1) is 0 Å². The molecule has 0 aromatic rings. The lowest BCUT2D eigenvalue weighted by molar-refractivity contribution is 0.355. The van der Waals surface area contributed by atoms with Crippen molar-refractivity contribution in [1.82, 2.24) is 4.90 Å². The smallest absolute Gasteiger partial charge is 0.166 e. The van der Waals surface area contributed by atoms with Gasteiger partial charge in [0.25, 0.3) is 0 Å². The number of rotatable bonds is 0. The van der Waals surface area contributed by atoms with Crippen LogP contribution in [0.5, 0.6) is 0 Å². The van der Waals surface area contributed by atoms with Crippen LogP contribution >= 0.6 is 12.2 Å². The predicted octanol–water partition coefficient (Wildman–Crippen LogP) is -0.651. The van der Waals surface area contributed by atoms with Crippen molar-refractivity contribution < 1.29 is 8.42 Å². The van der Waals surface area contributed by atoms with Crippen molar-refractivity contribution >= 4 is 27.2 Å². The summed E-state index contributed by atoms with van der Waals surface area (Å²) in [5, 5.41) is 0.289. The highest BCUT2D eigenvalue weighted by atomic mass is 32.2. The highest BCUT2D eigenvalue weighted by Gasteiger charge is 2.28. The standard InChI is InChI=1S/C6H12N2O2S2/c1-5-4-12(9,10)3-2-8(5)6(7)11/h5H,2-4H2,1H3,(H2,7,11). The molecule has 1 saturated heterocycles. The minimum atomic E-state index is -2.86. The Labute approximate surface area is 77.6 Å². The monoisotopic (exact) mass is 208 g/mol. The molecule has 0 saturated carbocycles. The molecule has 0 spiro atoms. The summed E-state index contributed by atoms with van der Waals surface area (Å²) >= 11 is 4.78. The lowest BCUT2D eigenvalue weighted by Gasteiger charge is -2.33. The maximum absolute atomic E-state index is 11.1. The van der Waals surface area contributed by atoms with E-state index in [-0.39, 0.29) is 22.7 Å². The number of thiocarbonyl (C=S) groups is 1. The fourth-order valence-electron chi connectivity index (χ4n) is 1.33. The van der Waals surface area contributed by atoms with Crippen LogP contribution in [0.1, 0.15) is 6.92 Å². The van der Waals surface area contributed by atoms with Gasteiger partial charge in [-0.2, -0.15) is 0 Å². The molecule has 2 N–H and O–H groups in total. The van der Waals surface area contributed by atoms with E-state index in [0.717, 1.165) is 0 Å². The van der Waals surface area contributed by atoms with Gasteiger partial charge < -0.3 is 10.6 Å². The van der Waals surface area contributed by atoms with Crippen LogP contribution in [0.25, 0.3) is 0 Å². The Morgan fingerprint density at radius 1 is 1.67 bits per heavy atom. The largest absolute Gasteiger partial charge is 0.376 e. The fraction of sp³-hybridized carbons (Fsp3) is 0.833. The van der Waals surface area contributed by atoms with E-state index in [0.29, 0.717) is 6.54 Å². The first kappa shape index (κ1) is 9.73. The second-order valence-electron chi connectivity index (χ2n) is 3.00. The van der Waals surface area contributed by atoms with Crippen molar-refractivity contribution in [2.75, 3.05) is 18.1 Å². The second kappa shape index (κ2) is 3.18. The van der Waals surface area contributed by atoms with Crippen LogP contribution in [0.3, 0.4) is 0 Å². The molecule has 70 valence electrons. The fourth-order valence-corrected chi connectivity index (χ4v) is 3.15. The summed E-state index contributed by atoms with van der Waals surface area (Å²) in [7, 11) is -2.86. The molecule has 1 fully saturated rings. The van der Waals surface area contributed by atoms with Gasteiger partial charge in [0.2, 0.25) is 0 Å². The summed E-state index contributed by atoms with van der Waals surface area (Å²) in [6.45, 7) is 2.24. The number of nitrogens with two attached hydrogens (primary N) is 1.